The Morgan fingerprint density at radius 2 is 1.90 bits per heavy atom. The molecule has 2 atom stereocenters. The van der Waals surface area contributed by atoms with Crippen molar-refractivity contribution in [2.45, 2.75) is 17.7 Å². The van der Waals surface area contributed by atoms with Gasteiger partial charge in [0.2, 0.25) is 0 Å². The van der Waals surface area contributed by atoms with Crippen LogP contribution in [-0.4, -0.2) is 42.3 Å². The Bertz CT molecular complexity index is 1110. The first kappa shape index (κ1) is 20.3. The van der Waals surface area contributed by atoms with Crippen LogP contribution in [0.5, 0.6) is 0 Å². The van der Waals surface area contributed by atoms with Gasteiger partial charge in [-0.05, 0) is 35.9 Å². The Kier molecular flexibility index (Phi) is 5.39. The van der Waals surface area contributed by atoms with Crippen molar-refractivity contribution in [3.8, 4) is 0 Å². The normalized spacial score (nSPS) is 24.1. The number of halogens is 3. The molecule has 0 aliphatic carbocycles. The number of aliphatic imine (C=N–C) groups is 1. The number of anilines is 1. The molecular formula is C19H15ClF2N2O3S2. The van der Waals surface area contributed by atoms with E-state index in [2.05, 4.69) is 4.99 Å². The molecule has 0 spiro atoms. The zero-order chi connectivity index (χ0) is 20.8. The molecular weight excluding hydrogens is 442 g/mol. The number of amides is 1. The van der Waals surface area contributed by atoms with E-state index >= 15 is 0 Å². The summed E-state index contributed by atoms with van der Waals surface area (Å²) in [7, 11) is -3.21. The van der Waals surface area contributed by atoms with Crippen LogP contribution in [0.2, 0.25) is 5.02 Å². The third-order valence-electron chi connectivity index (χ3n) is 4.74. The lowest BCUT2D eigenvalue weighted by molar-refractivity contribution is -0.117. The van der Waals surface area contributed by atoms with Gasteiger partial charge in [0.15, 0.2) is 15.0 Å². The molecule has 0 radical (unpaired) electrons. The highest BCUT2D eigenvalue weighted by Gasteiger charge is 2.49. The number of hydrogen-bond acceptors (Lipinski definition) is 4. The number of benzene rings is 2. The van der Waals surface area contributed by atoms with Crippen LogP contribution in [0.1, 0.15) is 5.56 Å². The summed E-state index contributed by atoms with van der Waals surface area (Å²) in [6.45, 7) is 0. The summed E-state index contributed by atoms with van der Waals surface area (Å²) in [5.74, 6) is -1.53. The average molecular weight is 457 g/mol. The van der Waals surface area contributed by atoms with Crippen LogP contribution in [0.4, 0.5) is 14.5 Å². The lowest BCUT2D eigenvalue weighted by Gasteiger charge is -2.24. The molecule has 2 heterocycles. The number of amidine groups is 1. The van der Waals surface area contributed by atoms with Gasteiger partial charge in [-0.25, -0.2) is 17.2 Å². The quantitative estimate of drug-likeness (QED) is 0.707. The van der Waals surface area contributed by atoms with Gasteiger partial charge in [-0.2, -0.15) is 4.99 Å². The number of hydrogen-bond donors (Lipinski definition) is 0. The standard InChI is InChI=1S/C19H15ClF2N2O3S2/c20-14-8-13(5-6-15(14)22)24-16-9-29(26,27)10-17(16)28-19(24)23-18(25)7-11-1-3-12(21)4-2-11/h1-6,8,16-17H,7,9-10H2/t16-,17-/m1/s1. The number of rotatable bonds is 3. The SMILES string of the molecule is O=C(Cc1ccc(F)cc1)N=C1S[C@@H]2CS(=O)(=O)C[C@H]2N1c1ccc(F)c(Cl)c1. The number of fused-ring (bicyclic) bond motifs is 1. The van der Waals surface area contributed by atoms with Crippen molar-refractivity contribution >= 4 is 50.0 Å². The van der Waals surface area contributed by atoms with Gasteiger partial charge in [-0.15, -0.1) is 0 Å². The van der Waals surface area contributed by atoms with Crippen LogP contribution in [0.25, 0.3) is 0 Å². The van der Waals surface area contributed by atoms with E-state index in [1.165, 1.54) is 54.2 Å². The van der Waals surface area contributed by atoms with Crippen molar-refractivity contribution in [2.75, 3.05) is 16.4 Å². The topological polar surface area (TPSA) is 66.8 Å². The van der Waals surface area contributed by atoms with Crippen molar-refractivity contribution in [2.24, 2.45) is 4.99 Å². The molecule has 0 unspecified atom stereocenters. The van der Waals surface area contributed by atoms with E-state index in [4.69, 9.17) is 11.6 Å². The minimum atomic E-state index is -3.21. The number of nitrogens with zero attached hydrogens (tertiary/aromatic N) is 2. The van der Waals surface area contributed by atoms with Crippen molar-refractivity contribution in [3.63, 3.8) is 0 Å². The first-order valence-electron chi connectivity index (χ1n) is 8.69. The molecule has 0 saturated carbocycles. The van der Waals surface area contributed by atoms with Crippen LogP contribution in [0.3, 0.4) is 0 Å². The second kappa shape index (κ2) is 7.70. The molecule has 0 N–H and O–H groups in total. The number of sulfone groups is 1. The maximum Gasteiger partial charge on any atom is 0.252 e. The Morgan fingerprint density at radius 1 is 1.17 bits per heavy atom. The molecule has 2 aromatic rings. The van der Waals surface area contributed by atoms with Gasteiger partial charge in [-0.1, -0.05) is 35.5 Å². The van der Waals surface area contributed by atoms with E-state index in [1.54, 1.807) is 4.90 Å². The molecule has 2 fully saturated rings. The number of thioether (sulfide) groups is 1. The highest BCUT2D eigenvalue weighted by molar-refractivity contribution is 8.16. The van der Waals surface area contributed by atoms with Crippen LogP contribution >= 0.6 is 23.4 Å². The molecule has 0 aromatic heterocycles. The fraction of sp³-hybridized carbons (Fsp3) is 0.263. The monoisotopic (exact) mass is 456 g/mol. The van der Waals surface area contributed by atoms with Gasteiger partial charge >= 0.3 is 0 Å². The highest BCUT2D eigenvalue weighted by atomic mass is 35.5. The van der Waals surface area contributed by atoms with Gasteiger partial charge in [0.1, 0.15) is 11.6 Å². The predicted octanol–water partition coefficient (Wildman–Crippen LogP) is 3.46. The molecule has 2 aromatic carbocycles. The molecule has 2 aliphatic heterocycles. The Labute approximate surface area is 175 Å². The molecule has 2 aliphatic rings. The van der Waals surface area contributed by atoms with Crippen molar-refractivity contribution in [1.29, 1.82) is 0 Å². The maximum atomic E-state index is 13.6. The van der Waals surface area contributed by atoms with Crippen molar-refractivity contribution in [3.05, 3.63) is 64.7 Å². The lowest BCUT2D eigenvalue weighted by atomic mass is 10.1. The van der Waals surface area contributed by atoms with Gasteiger partial charge in [-0.3, -0.25) is 4.79 Å². The Balaban J connectivity index is 1.65. The molecule has 2 saturated heterocycles. The molecule has 29 heavy (non-hydrogen) atoms. The van der Waals surface area contributed by atoms with E-state index in [1.807, 2.05) is 0 Å². The molecule has 4 rings (SSSR count). The van der Waals surface area contributed by atoms with Crippen molar-refractivity contribution < 1.29 is 22.0 Å². The summed E-state index contributed by atoms with van der Waals surface area (Å²) in [6.07, 6.45) is -0.0179. The summed E-state index contributed by atoms with van der Waals surface area (Å²) >= 11 is 7.12. The highest BCUT2D eigenvalue weighted by Crippen LogP contribution is 2.41. The van der Waals surface area contributed by atoms with E-state index in [9.17, 15) is 22.0 Å². The fourth-order valence-corrected chi connectivity index (χ4v) is 7.53. The minimum Gasteiger partial charge on any atom is -0.316 e. The smallest absolute Gasteiger partial charge is 0.252 e. The zero-order valence-electron chi connectivity index (χ0n) is 14.9. The van der Waals surface area contributed by atoms with Gasteiger partial charge in [0.25, 0.3) is 5.91 Å². The minimum absolute atomic E-state index is 0.0149. The Hall–Kier alpha value is -1.97. The molecule has 152 valence electrons. The second-order valence-electron chi connectivity index (χ2n) is 6.86. The lowest BCUT2D eigenvalue weighted by Crippen LogP contribution is -2.37. The van der Waals surface area contributed by atoms with E-state index in [0.29, 0.717) is 16.4 Å². The fourth-order valence-electron chi connectivity index (χ4n) is 3.42. The van der Waals surface area contributed by atoms with E-state index in [0.717, 1.165) is 0 Å². The third kappa shape index (κ3) is 4.31. The number of carbonyl (C=O) groups is 1. The van der Waals surface area contributed by atoms with Crippen LogP contribution < -0.4 is 4.90 Å². The van der Waals surface area contributed by atoms with Gasteiger partial charge < -0.3 is 4.90 Å². The summed E-state index contributed by atoms with van der Waals surface area (Å²) < 4.78 is 50.8. The third-order valence-corrected chi connectivity index (χ3v) is 8.24. The number of carbonyl (C=O) groups excluding carboxylic acids is 1. The first-order valence-corrected chi connectivity index (χ1v) is 11.8. The Morgan fingerprint density at radius 3 is 2.59 bits per heavy atom. The summed E-state index contributed by atoms with van der Waals surface area (Å²) in [6, 6.07) is 9.20. The molecule has 1 amide bonds. The van der Waals surface area contributed by atoms with Crippen molar-refractivity contribution in [1.82, 2.24) is 0 Å². The maximum absolute atomic E-state index is 13.6. The predicted molar refractivity (Wildman–Crippen MR) is 110 cm³/mol. The molecule has 5 nitrogen and oxygen atoms in total. The summed E-state index contributed by atoms with van der Waals surface area (Å²) in [4.78, 5) is 18.3. The van der Waals surface area contributed by atoms with E-state index < -0.39 is 33.4 Å². The van der Waals surface area contributed by atoms with E-state index in [-0.39, 0.29) is 28.2 Å². The van der Waals surface area contributed by atoms with Crippen LogP contribution in [-0.2, 0) is 21.1 Å². The molecule has 0 bridgehead atoms. The second-order valence-corrected chi connectivity index (χ2v) is 10.6. The summed E-state index contributed by atoms with van der Waals surface area (Å²) in [5, 5.41) is -0.0281. The van der Waals surface area contributed by atoms with Crippen LogP contribution in [0.15, 0.2) is 47.5 Å². The zero-order valence-corrected chi connectivity index (χ0v) is 17.3. The molecule has 10 heteroatoms. The largest absolute Gasteiger partial charge is 0.316 e. The first-order chi connectivity index (χ1) is 13.7. The summed E-state index contributed by atoms with van der Waals surface area (Å²) in [5.41, 5.74) is 1.09. The average Bonchev–Trinajstić information content (AvgIpc) is 3.10. The van der Waals surface area contributed by atoms with Gasteiger partial charge in [0.05, 0.1) is 29.0 Å². The van der Waals surface area contributed by atoms with Gasteiger partial charge in [0, 0.05) is 10.9 Å². The van der Waals surface area contributed by atoms with Crippen LogP contribution in [0, 0.1) is 11.6 Å².